The molecule has 1 heterocycles. The minimum Gasteiger partial charge on any atom is -0.323 e. The summed E-state index contributed by atoms with van der Waals surface area (Å²) in [4.78, 5) is 2.19. The van der Waals surface area contributed by atoms with Gasteiger partial charge in [-0.2, -0.15) is 0 Å². The molecule has 1 atom stereocenters. The van der Waals surface area contributed by atoms with Crippen molar-refractivity contribution in [1.82, 2.24) is 4.90 Å². The maximum atomic E-state index is 13.4. The standard InChI is InChI=1S/C12H16F2N2/c13-9-3-4-11(14)10(7-9)12(15)8-16-5-1-2-6-16/h3-4,7,12H,1-2,5-6,8,15H2. The second-order valence-electron chi connectivity index (χ2n) is 4.28. The summed E-state index contributed by atoms with van der Waals surface area (Å²) in [5.74, 6) is -0.860. The van der Waals surface area contributed by atoms with Crippen molar-refractivity contribution in [2.24, 2.45) is 5.73 Å². The van der Waals surface area contributed by atoms with Crippen LogP contribution in [-0.2, 0) is 0 Å². The second-order valence-corrected chi connectivity index (χ2v) is 4.28. The van der Waals surface area contributed by atoms with E-state index in [0.717, 1.165) is 25.2 Å². The van der Waals surface area contributed by atoms with Crippen LogP contribution >= 0.6 is 0 Å². The molecule has 1 saturated heterocycles. The lowest BCUT2D eigenvalue weighted by atomic mass is 10.1. The molecular weight excluding hydrogens is 210 g/mol. The van der Waals surface area contributed by atoms with Gasteiger partial charge in [0.15, 0.2) is 0 Å². The second kappa shape index (κ2) is 4.89. The van der Waals surface area contributed by atoms with Gasteiger partial charge in [0.25, 0.3) is 0 Å². The molecule has 1 fully saturated rings. The van der Waals surface area contributed by atoms with E-state index >= 15 is 0 Å². The van der Waals surface area contributed by atoms with E-state index in [1.807, 2.05) is 0 Å². The highest BCUT2D eigenvalue weighted by Gasteiger charge is 2.18. The molecule has 1 aromatic rings. The van der Waals surface area contributed by atoms with Crippen LogP contribution < -0.4 is 5.73 Å². The van der Waals surface area contributed by atoms with E-state index in [9.17, 15) is 8.78 Å². The van der Waals surface area contributed by atoms with Gasteiger partial charge in [0, 0.05) is 18.2 Å². The number of likely N-dealkylation sites (tertiary alicyclic amines) is 1. The summed E-state index contributed by atoms with van der Waals surface area (Å²) in [5.41, 5.74) is 6.17. The predicted molar refractivity (Wildman–Crippen MR) is 59.0 cm³/mol. The highest BCUT2D eigenvalue weighted by molar-refractivity contribution is 5.22. The Labute approximate surface area is 94.0 Å². The number of hydrogen-bond donors (Lipinski definition) is 1. The first-order valence-corrected chi connectivity index (χ1v) is 5.59. The SMILES string of the molecule is NC(CN1CCCC1)c1cc(F)ccc1F. The molecule has 2 nitrogen and oxygen atoms in total. The number of rotatable bonds is 3. The Hall–Kier alpha value is -1.00. The monoisotopic (exact) mass is 226 g/mol. The van der Waals surface area contributed by atoms with E-state index in [0.29, 0.717) is 6.54 Å². The summed E-state index contributed by atoms with van der Waals surface area (Å²) >= 11 is 0. The number of halogens is 2. The smallest absolute Gasteiger partial charge is 0.128 e. The zero-order valence-electron chi connectivity index (χ0n) is 9.13. The Morgan fingerprint density at radius 3 is 2.62 bits per heavy atom. The van der Waals surface area contributed by atoms with Crippen molar-refractivity contribution in [3.8, 4) is 0 Å². The van der Waals surface area contributed by atoms with Crippen LogP contribution in [0.4, 0.5) is 8.78 Å². The zero-order chi connectivity index (χ0) is 11.5. The molecule has 0 radical (unpaired) electrons. The van der Waals surface area contributed by atoms with Gasteiger partial charge in [-0.25, -0.2) is 8.78 Å². The molecule has 1 aliphatic rings. The normalized spacial score (nSPS) is 18.9. The molecule has 2 N–H and O–H groups in total. The van der Waals surface area contributed by atoms with Gasteiger partial charge in [-0.15, -0.1) is 0 Å². The molecule has 0 aliphatic carbocycles. The minimum absolute atomic E-state index is 0.270. The molecule has 0 saturated carbocycles. The van der Waals surface area contributed by atoms with Gasteiger partial charge in [0.2, 0.25) is 0 Å². The molecule has 0 spiro atoms. The summed E-state index contributed by atoms with van der Waals surface area (Å²) in [7, 11) is 0. The summed E-state index contributed by atoms with van der Waals surface area (Å²) in [6.07, 6.45) is 2.33. The number of nitrogens with two attached hydrogens (primary N) is 1. The van der Waals surface area contributed by atoms with Crippen LogP contribution in [-0.4, -0.2) is 24.5 Å². The van der Waals surface area contributed by atoms with Crippen molar-refractivity contribution >= 4 is 0 Å². The van der Waals surface area contributed by atoms with E-state index in [4.69, 9.17) is 5.73 Å². The third-order valence-electron chi connectivity index (χ3n) is 3.01. The number of nitrogens with zero attached hydrogens (tertiary/aromatic N) is 1. The first-order valence-electron chi connectivity index (χ1n) is 5.59. The molecule has 4 heteroatoms. The van der Waals surface area contributed by atoms with Gasteiger partial charge >= 0.3 is 0 Å². The third-order valence-corrected chi connectivity index (χ3v) is 3.01. The molecule has 88 valence electrons. The van der Waals surface area contributed by atoms with Crippen LogP contribution in [0.2, 0.25) is 0 Å². The van der Waals surface area contributed by atoms with Crippen molar-refractivity contribution in [2.45, 2.75) is 18.9 Å². The van der Waals surface area contributed by atoms with Gasteiger partial charge in [-0.1, -0.05) is 0 Å². The molecule has 1 aliphatic heterocycles. The molecule has 0 bridgehead atoms. The maximum absolute atomic E-state index is 13.4. The van der Waals surface area contributed by atoms with Gasteiger partial charge in [-0.05, 0) is 44.1 Å². The lowest BCUT2D eigenvalue weighted by Crippen LogP contribution is -2.30. The topological polar surface area (TPSA) is 29.3 Å². The van der Waals surface area contributed by atoms with Gasteiger partial charge in [0.05, 0.1) is 0 Å². The quantitative estimate of drug-likeness (QED) is 0.854. The van der Waals surface area contributed by atoms with Crippen molar-refractivity contribution in [3.63, 3.8) is 0 Å². The molecule has 16 heavy (non-hydrogen) atoms. The fourth-order valence-corrected chi connectivity index (χ4v) is 2.14. The van der Waals surface area contributed by atoms with Gasteiger partial charge in [-0.3, -0.25) is 0 Å². The number of benzene rings is 1. The Morgan fingerprint density at radius 1 is 1.25 bits per heavy atom. The van der Waals surface area contributed by atoms with Gasteiger partial charge in [0.1, 0.15) is 11.6 Å². The molecule has 0 aromatic heterocycles. The molecular formula is C12H16F2N2. The van der Waals surface area contributed by atoms with E-state index in [1.165, 1.54) is 18.9 Å². The van der Waals surface area contributed by atoms with E-state index in [-0.39, 0.29) is 5.56 Å². The van der Waals surface area contributed by atoms with Gasteiger partial charge < -0.3 is 10.6 Å². The molecule has 1 unspecified atom stereocenters. The van der Waals surface area contributed by atoms with Crippen LogP contribution in [0.15, 0.2) is 18.2 Å². The van der Waals surface area contributed by atoms with Crippen molar-refractivity contribution in [2.75, 3.05) is 19.6 Å². The Kier molecular flexibility index (Phi) is 3.51. The number of hydrogen-bond acceptors (Lipinski definition) is 2. The molecule has 0 amide bonds. The molecule has 1 aromatic carbocycles. The Balaban J connectivity index is 2.07. The maximum Gasteiger partial charge on any atom is 0.128 e. The minimum atomic E-state index is -0.450. The summed E-state index contributed by atoms with van der Waals surface area (Å²) in [6, 6.07) is 2.99. The van der Waals surface area contributed by atoms with E-state index < -0.39 is 17.7 Å². The molecule has 2 rings (SSSR count). The lowest BCUT2D eigenvalue weighted by molar-refractivity contribution is 0.313. The van der Waals surface area contributed by atoms with Crippen LogP contribution in [0.5, 0.6) is 0 Å². The first kappa shape index (κ1) is 11.5. The highest BCUT2D eigenvalue weighted by atomic mass is 19.1. The zero-order valence-corrected chi connectivity index (χ0v) is 9.13. The Bertz CT molecular complexity index is 362. The van der Waals surface area contributed by atoms with Crippen molar-refractivity contribution in [3.05, 3.63) is 35.4 Å². The summed E-state index contributed by atoms with van der Waals surface area (Å²) < 4.78 is 26.4. The van der Waals surface area contributed by atoms with Crippen molar-refractivity contribution < 1.29 is 8.78 Å². The Morgan fingerprint density at radius 2 is 1.94 bits per heavy atom. The van der Waals surface area contributed by atoms with Crippen LogP contribution in [0.1, 0.15) is 24.4 Å². The third kappa shape index (κ3) is 2.57. The first-order chi connectivity index (χ1) is 7.66. The fourth-order valence-electron chi connectivity index (χ4n) is 2.14. The average Bonchev–Trinajstić information content (AvgIpc) is 2.74. The van der Waals surface area contributed by atoms with Crippen LogP contribution in [0, 0.1) is 11.6 Å². The lowest BCUT2D eigenvalue weighted by Gasteiger charge is -2.20. The predicted octanol–water partition coefficient (Wildman–Crippen LogP) is 2.06. The van der Waals surface area contributed by atoms with E-state index in [1.54, 1.807) is 0 Å². The highest BCUT2D eigenvalue weighted by Crippen LogP contribution is 2.19. The van der Waals surface area contributed by atoms with Crippen LogP contribution in [0.25, 0.3) is 0 Å². The fraction of sp³-hybridized carbons (Fsp3) is 0.500. The van der Waals surface area contributed by atoms with Crippen molar-refractivity contribution in [1.29, 1.82) is 0 Å². The largest absolute Gasteiger partial charge is 0.323 e. The summed E-state index contributed by atoms with van der Waals surface area (Å²) in [5, 5.41) is 0. The van der Waals surface area contributed by atoms with Crippen LogP contribution in [0.3, 0.4) is 0 Å². The summed E-state index contributed by atoms with van der Waals surface area (Å²) in [6.45, 7) is 2.61. The average molecular weight is 226 g/mol. The van der Waals surface area contributed by atoms with E-state index in [2.05, 4.69) is 4.90 Å².